The fourth-order valence-corrected chi connectivity index (χ4v) is 3.77. The number of hydrogen-bond acceptors (Lipinski definition) is 5. The molecule has 1 N–H and O–H groups in total. The molecule has 1 unspecified atom stereocenters. The minimum absolute atomic E-state index is 0.0156. The number of carbonyl (C=O) groups is 1. The van der Waals surface area contributed by atoms with E-state index in [1.807, 2.05) is 54.3 Å². The highest BCUT2D eigenvalue weighted by Crippen LogP contribution is 2.39. The van der Waals surface area contributed by atoms with Gasteiger partial charge in [0.25, 0.3) is 0 Å². The molecule has 0 bridgehead atoms. The third kappa shape index (κ3) is 3.72. The average molecular weight is 394 g/mol. The maximum Gasteiger partial charge on any atom is 0.317 e. The number of rotatable bonds is 2. The lowest BCUT2D eigenvalue weighted by molar-refractivity contribution is 0.135. The highest BCUT2D eigenvalue weighted by Gasteiger charge is 2.31. The van der Waals surface area contributed by atoms with E-state index in [4.69, 9.17) is 14.5 Å². The summed E-state index contributed by atoms with van der Waals surface area (Å²) in [7, 11) is 1.65. The number of amidine groups is 1. The number of amides is 2. The Morgan fingerprint density at radius 2 is 2.07 bits per heavy atom. The SMILES string of the molecule is CCNC(=O)N1CCN(C2=Nc3ccccc3Oc3ccc(OC)cc32)CC1C. The van der Waals surface area contributed by atoms with Gasteiger partial charge in [-0.15, -0.1) is 0 Å². The lowest BCUT2D eigenvalue weighted by atomic mass is 10.1. The van der Waals surface area contributed by atoms with Gasteiger partial charge >= 0.3 is 6.03 Å². The van der Waals surface area contributed by atoms with Gasteiger partial charge in [-0.25, -0.2) is 9.79 Å². The third-order valence-corrected chi connectivity index (χ3v) is 5.26. The fraction of sp³-hybridized carbons (Fsp3) is 0.364. The van der Waals surface area contributed by atoms with Gasteiger partial charge in [-0.2, -0.15) is 0 Å². The third-order valence-electron chi connectivity index (χ3n) is 5.26. The van der Waals surface area contributed by atoms with Crippen molar-refractivity contribution in [2.45, 2.75) is 19.9 Å². The van der Waals surface area contributed by atoms with Crippen LogP contribution in [0.3, 0.4) is 0 Å². The van der Waals surface area contributed by atoms with Gasteiger partial charge in [0, 0.05) is 32.2 Å². The first-order chi connectivity index (χ1) is 14.1. The van der Waals surface area contributed by atoms with Crippen molar-refractivity contribution < 1.29 is 14.3 Å². The van der Waals surface area contributed by atoms with Crippen LogP contribution in [0.1, 0.15) is 19.4 Å². The summed E-state index contributed by atoms with van der Waals surface area (Å²) in [6.45, 7) is 6.64. The topological polar surface area (TPSA) is 66.4 Å². The zero-order valence-electron chi connectivity index (χ0n) is 17.0. The van der Waals surface area contributed by atoms with Gasteiger partial charge in [0.15, 0.2) is 5.75 Å². The molecule has 7 nitrogen and oxygen atoms in total. The summed E-state index contributed by atoms with van der Waals surface area (Å²) in [4.78, 5) is 21.4. The van der Waals surface area contributed by atoms with Crippen molar-refractivity contribution in [2.75, 3.05) is 33.3 Å². The van der Waals surface area contributed by atoms with Gasteiger partial charge in [-0.3, -0.25) is 0 Å². The summed E-state index contributed by atoms with van der Waals surface area (Å²) in [6, 6.07) is 13.6. The number of piperazine rings is 1. The summed E-state index contributed by atoms with van der Waals surface area (Å²) in [5, 5.41) is 2.90. The molecule has 29 heavy (non-hydrogen) atoms. The van der Waals surface area contributed by atoms with Gasteiger partial charge in [0.2, 0.25) is 0 Å². The van der Waals surface area contributed by atoms with Crippen LogP contribution in [0.25, 0.3) is 0 Å². The fourth-order valence-electron chi connectivity index (χ4n) is 3.77. The van der Waals surface area contributed by atoms with Gasteiger partial charge < -0.3 is 24.6 Å². The summed E-state index contributed by atoms with van der Waals surface area (Å²) < 4.78 is 11.6. The van der Waals surface area contributed by atoms with E-state index >= 15 is 0 Å². The van der Waals surface area contributed by atoms with E-state index in [-0.39, 0.29) is 12.1 Å². The molecule has 1 saturated heterocycles. The van der Waals surface area contributed by atoms with Crippen molar-refractivity contribution in [3.8, 4) is 17.2 Å². The maximum atomic E-state index is 12.3. The van der Waals surface area contributed by atoms with E-state index < -0.39 is 0 Å². The molecule has 2 aromatic carbocycles. The molecule has 2 heterocycles. The van der Waals surface area contributed by atoms with Crippen LogP contribution in [-0.2, 0) is 0 Å². The van der Waals surface area contributed by atoms with E-state index in [9.17, 15) is 4.79 Å². The Balaban J connectivity index is 1.70. The first-order valence-corrected chi connectivity index (χ1v) is 9.94. The van der Waals surface area contributed by atoms with Crippen molar-refractivity contribution in [3.05, 3.63) is 48.0 Å². The van der Waals surface area contributed by atoms with Crippen molar-refractivity contribution in [1.82, 2.24) is 15.1 Å². The summed E-state index contributed by atoms with van der Waals surface area (Å²) >= 11 is 0. The molecule has 1 fully saturated rings. The van der Waals surface area contributed by atoms with E-state index in [1.165, 1.54) is 0 Å². The minimum atomic E-state index is -0.0156. The number of nitrogens with zero attached hydrogens (tertiary/aromatic N) is 3. The predicted molar refractivity (Wildman–Crippen MR) is 113 cm³/mol. The standard InChI is InChI=1S/C22H26N4O3/c1-4-23-22(27)26-12-11-25(14-15(26)2)21-17-13-16(28-3)9-10-19(17)29-20-8-6-5-7-18(20)24-21/h5-10,13,15H,4,11-12,14H2,1-3H3,(H,23,27). The van der Waals surface area contributed by atoms with Gasteiger partial charge in [-0.1, -0.05) is 12.1 Å². The largest absolute Gasteiger partial charge is 0.497 e. The molecule has 0 radical (unpaired) electrons. The Kier molecular flexibility index (Phi) is 5.29. The van der Waals surface area contributed by atoms with Gasteiger partial charge in [0.05, 0.1) is 12.7 Å². The number of nitrogens with one attached hydrogen (secondary N) is 1. The normalized spacial score (nSPS) is 18.0. The van der Waals surface area contributed by atoms with Gasteiger partial charge in [-0.05, 0) is 44.2 Å². The van der Waals surface area contributed by atoms with Crippen LogP contribution in [0.2, 0.25) is 0 Å². The van der Waals surface area contributed by atoms with Gasteiger partial charge in [0.1, 0.15) is 23.0 Å². The maximum absolute atomic E-state index is 12.3. The zero-order chi connectivity index (χ0) is 20.4. The van der Waals surface area contributed by atoms with Crippen LogP contribution in [0, 0.1) is 0 Å². The van der Waals surface area contributed by atoms with Crippen molar-refractivity contribution >= 4 is 17.6 Å². The van der Waals surface area contributed by atoms with E-state index in [1.54, 1.807) is 7.11 Å². The first-order valence-electron chi connectivity index (χ1n) is 9.94. The number of carbonyl (C=O) groups excluding carboxylic acids is 1. The van der Waals surface area contributed by atoms with Crippen LogP contribution in [0.5, 0.6) is 17.2 Å². The number of urea groups is 1. The molecule has 152 valence electrons. The summed E-state index contributed by atoms with van der Waals surface area (Å²) in [5.41, 5.74) is 1.68. The lowest BCUT2D eigenvalue weighted by Gasteiger charge is -2.41. The highest BCUT2D eigenvalue weighted by atomic mass is 16.5. The molecular weight excluding hydrogens is 368 g/mol. The Labute approximate surface area is 170 Å². The molecule has 2 amide bonds. The molecule has 0 aliphatic carbocycles. The smallest absolute Gasteiger partial charge is 0.317 e. The number of hydrogen-bond donors (Lipinski definition) is 1. The minimum Gasteiger partial charge on any atom is -0.497 e. The molecule has 7 heteroatoms. The molecule has 0 saturated carbocycles. The molecule has 4 rings (SSSR count). The number of aliphatic imine (C=N–C) groups is 1. The predicted octanol–water partition coefficient (Wildman–Crippen LogP) is 3.61. The molecule has 0 spiro atoms. The van der Waals surface area contributed by atoms with E-state index in [0.717, 1.165) is 34.3 Å². The molecule has 1 atom stereocenters. The van der Waals surface area contributed by atoms with E-state index in [0.29, 0.717) is 26.2 Å². The number of methoxy groups -OCH3 is 1. The van der Waals surface area contributed by atoms with Crippen LogP contribution < -0.4 is 14.8 Å². The molecule has 0 aromatic heterocycles. The zero-order valence-corrected chi connectivity index (χ0v) is 17.0. The second-order valence-corrected chi connectivity index (χ2v) is 7.19. The van der Waals surface area contributed by atoms with Crippen molar-refractivity contribution in [3.63, 3.8) is 0 Å². The van der Waals surface area contributed by atoms with Crippen molar-refractivity contribution in [1.29, 1.82) is 0 Å². The van der Waals surface area contributed by atoms with Crippen LogP contribution in [0.15, 0.2) is 47.5 Å². The molecule has 2 aliphatic heterocycles. The molecule has 2 aliphatic rings. The summed E-state index contributed by atoms with van der Waals surface area (Å²) in [6.07, 6.45) is 0. The number of benzene rings is 2. The number of para-hydroxylation sites is 2. The molecular formula is C22H26N4O3. The highest BCUT2D eigenvalue weighted by molar-refractivity contribution is 6.04. The average Bonchev–Trinajstić information content (AvgIpc) is 2.89. The Bertz CT molecular complexity index is 943. The lowest BCUT2D eigenvalue weighted by Crippen LogP contribution is -2.57. The van der Waals surface area contributed by atoms with E-state index in [2.05, 4.69) is 17.1 Å². The second kappa shape index (κ2) is 8.03. The monoisotopic (exact) mass is 394 g/mol. The molecule has 2 aromatic rings. The Hall–Kier alpha value is -3.22. The van der Waals surface area contributed by atoms with Crippen LogP contribution in [-0.4, -0.2) is 61.0 Å². The first kappa shape index (κ1) is 19.1. The Morgan fingerprint density at radius 3 is 2.83 bits per heavy atom. The van der Waals surface area contributed by atoms with Crippen LogP contribution >= 0.6 is 0 Å². The summed E-state index contributed by atoms with van der Waals surface area (Å²) in [5.74, 6) is 3.06. The number of fused-ring (bicyclic) bond motifs is 2. The van der Waals surface area contributed by atoms with Crippen LogP contribution in [0.4, 0.5) is 10.5 Å². The quantitative estimate of drug-likeness (QED) is 0.845. The number of ether oxygens (including phenoxy) is 2. The second-order valence-electron chi connectivity index (χ2n) is 7.19. The van der Waals surface area contributed by atoms with Crippen molar-refractivity contribution in [2.24, 2.45) is 4.99 Å². The Morgan fingerprint density at radius 1 is 1.24 bits per heavy atom.